The van der Waals surface area contributed by atoms with Crippen LogP contribution < -0.4 is 5.32 Å². The average molecular weight is 271 g/mol. The lowest BCUT2D eigenvalue weighted by Gasteiger charge is -2.06. The smallest absolute Gasteiger partial charge is 0.107 e. The molecule has 1 N–H and O–H groups in total. The number of hydrogen-bond acceptors (Lipinski definition) is 5. The van der Waals surface area contributed by atoms with Gasteiger partial charge in [0.1, 0.15) is 5.01 Å². The SMILES string of the molecule is COCCNCc1sc(CN(C)C)nc1C(C)C. The Morgan fingerprint density at radius 1 is 1.39 bits per heavy atom. The van der Waals surface area contributed by atoms with Gasteiger partial charge >= 0.3 is 0 Å². The molecule has 4 nitrogen and oxygen atoms in total. The van der Waals surface area contributed by atoms with Gasteiger partial charge in [-0.3, -0.25) is 0 Å². The first kappa shape index (κ1) is 15.6. The number of rotatable bonds is 8. The number of aromatic nitrogens is 1. The maximum atomic E-state index is 5.03. The Bertz CT molecular complexity index is 350. The van der Waals surface area contributed by atoms with Crippen LogP contribution in [0.25, 0.3) is 0 Å². The highest BCUT2D eigenvalue weighted by molar-refractivity contribution is 7.11. The maximum Gasteiger partial charge on any atom is 0.107 e. The third-order valence-electron chi connectivity index (χ3n) is 2.54. The minimum absolute atomic E-state index is 0.483. The normalized spacial score (nSPS) is 11.7. The van der Waals surface area contributed by atoms with Crippen molar-refractivity contribution >= 4 is 11.3 Å². The van der Waals surface area contributed by atoms with E-state index < -0.39 is 0 Å². The van der Waals surface area contributed by atoms with Crippen molar-refractivity contribution in [2.24, 2.45) is 0 Å². The van der Waals surface area contributed by atoms with Crippen molar-refractivity contribution in [1.82, 2.24) is 15.2 Å². The molecule has 18 heavy (non-hydrogen) atoms. The van der Waals surface area contributed by atoms with Crippen molar-refractivity contribution in [2.75, 3.05) is 34.4 Å². The summed E-state index contributed by atoms with van der Waals surface area (Å²) in [5.41, 5.74) is 1.24. The summed E-state index contributed by atoms with van der Waals surface area (Å²) < 4.78 is 5.03. The molecule has 0 aromatic carbocycles. The predicted octanol–water partition coefficient (Wildman–Crippen LogP) is 2.06. The highest BCUT2D eigenvalue weighted by atomic mass is 32.1. The molecule has 0 fully saturated rings. The summed E-state index contributed by atoms with van der Waals surface area (Å²) in [6.07, 6.45) is 0. The van der Waals surface area contributed by atoms with E-state index in [1.165, 1.54) is 15.6 Å². The van der Waals surface area contributed by atoms with Gasteiger partial charge < -0.3 is 15.0 Å². The first-order valence-corrected chi connectivity index (χ1v) is 7.19. The molecule has 0 aliphatic rings. The van der Waals surface area contributed by atoms with Crippen LogP contribution >= 0.6 is 11.3 Å². The van der Waals surface area contributed by atoms with Crippen LogP contribution in [-0.2, 0) is 17.8 Å². The molecule has 104 valence electrons. The topological polar surface area (TPSA) is 37.4 Å². The summed E-state index contributed by atoms with van der Waals surface area (Å²) in [6, 6.07) is 0. The highest BCUT2D eigenvalue weighted by Gasteiger charge is 2.14. The molecule has 1 heterocycles. The fourth-order valence-corrected chi connectivity index (χ4v) is 3.02. The summed E-state index contributed by atoms with van der Waals surface area (Å²) in [6.45, 7) is 7.85. The van der Waals surface area contributed by atoms with Gasteiger partial charge in [-0.05, 0) is 20.0 Å². The van der Waals surface area contributed by atoms with Crippen LogP contribution in [0.4, 0.5) is 0 Å². The number of nitrogens with one attached hydrogen (secondary N) is 1. The van der Waals surface area contributed by atoms with Gasteiger partial charge in [-0.25, -0.2) is 4.98 Å². The fourth-order valence-electron chi connectivity index (χ4n) is 1.71. The zero-order chi connectivity index (χ0) is 13.5. The minimum Gasteiger partial charge on any atom is -0.383 e. The molecule has 0 aliphatic carbocycles. The summed E-state index contributed by atoms with van der Waals surface area (Å²) >= 11 is 1.82. The highest BCUT2D eigenvalue weighted by Crippen LogP contribution is 2.25. The van der Waals surface area contributed by atoms with Crippen molar-refractivity contribution < 1.29 is 4.74 Å². The minimum atomic E-state index is 0.483. The van der Waals surface area contributed by atoms with Crippen molar-refractivity contribution in [3.63, 3.8) is 0 Å². The van der Waals surface area contributed by atoms with Crippen LogP contribution in [0, 0.1) is 0 Å². The lowest BCUT2D eigenvalue weighted by Crippen LogP contribution is -2.18. The van der Waals surface area contributed by atoms with E-state index in [0.29, 0.717) is 5.92 Å². The second kappa shape index (κ2) is 7.84. The number of nitrogens with zero attached hydrogens (tertiary/aromatic N) is 2. The van der Waals surface area contributed by atoms with Crippen LogP contribution in [0.5, 0.6) is 0 Å². The molecule has 0 unspecified atom stereocenters. The molecule has 0 bridgehead atoms. The molecule has 0 atom stereocenters. The van der Waals surface area contributed by atoms with Crippen LogP contribution in [0.1, 0.15) is 35.3 Å². The van der Waals surface area contributed by atoms with Gasteiger partial charge in [0, 0.05) is 31.6 Å². The Balaban J connectivity index is 2.65. The average Bonchev–Trinajstić information content (AvgIpc) is 2.67. The molecule has 0 amide bonds. The Hall–Kier alpha value is -0.490. The molecule has 1 aromatic rings. The van der Waals surface area contributed by atoms with Gasteiger partial charge in [0.05, 0.1) is 12.3 Å². The van der Waals surface area contributed by atoms with Crippen molar-refractivity contribution in [2.45, 2.75) is 32.9 Å². The Kier molecular flexibility index (Phi) is 6.78. The summed E-state index contributed by atoms with van der Waals surface area (Å²) in [5.74, 6) is 0.483. The Morgan fingerprint density at radius 3 is 2.67 bits per heavy atom. The van der Waals surface area contributed by atoms with Gasteiger partial charge in [0.2, 0.25) is 0 Å². The van der Waals surface area contributed by atoms with Crippen molar-refractivity contribution in [3.8, 4) is 0 Å². The van der Waals surface area contributed by atoms with E-state index >= 15 is 0 Å². The summed E-state index contributed by atoms with van der Waals surface area (Å²) in [7, 11) is 5.88. The van der Waals surface area contributed by atoms with Crippen LogP contribution in [-0.4, -0.2) is 44.2 Å². The van der Waals surface area contributed by atoms with E-state index in [9.17, 15) is 0 Å². The predicted molar refractivity (Wildman–Crippen MR) is 77.2 cm³/mol. The molecule has 0 aliphatic heterocycles. The molecule has 1 rings (SSSR count). The van der Waals surface area contributed by atoms with E-state index in [1.807, 2.05) is 11.3 Å². The van der Waals surface area contributed by atoms with Gasteiger partial charge in [-0.2, -0.15) is 0 Å². The number of hydrogen-bond donors (Lipinski definition) is 1. The van der Waals surface area contributed by atoms with Crippen LogP contribution in [0.15, 0.2) is 0 Å². The van der Waals surface area contributed by atoms with E-state index in [4.69, 9.17) is 9.72 Å². The molecule has 0 spiro atoms. The molecular formula is C13H25N3OS. The number of thiazole rings is 1. The first-order valence-electron chi connectivity index (χ1n) is 6.37. The van der Waals surface area contributed by atoms with Gasteiger partial charge in [0.15, 0.2) is 0 Å². The van der Waals surface area contributed by atoms with Gasteiger partial charge in [-0.1, -0.05) is 13.8 Å². The summed E-state index contributed by atoms with van der Waals surface area (Å²) in [4.78, 5) is 8.27. The zero-order valence-electron chi connectivity index (χ0n) is 12.1. The van der Waals surface area contributed by atoms with Crippen molar-refractivity contribution in [1.29, 1.82) is 0 Å². The number of methoxy groups -OCH3 is 1. The van der Waals surface area contributed by atoms with E-state index in [0.717, 1.165) is 26.2 Å². The lowest BCUT2D eigenvalue weighted by atomic mass is 10.1. The van der Waals surface area contributed by atoms with Gasteiger partial charge in [-0.15, -0.1) is 11.3 Å². The molecule has 0 saturated heterocycles. The zero-order valence-corrected chi connectivity index (χ0v) is 12.9. The largest absolute Gasteiger partial charge is 0.383 e. The van der Waals surface area contributed by atoms with E-state index in [2.05, 4.69) is 38.2 Å². The summed E-state index contributed by atoms with van der Waals surface area (Å²) in [5, 5.41) is 4.60. The van der Waals surface area contributed by atoms with Crippen molar-refractivity contribution in [3.05, 3.63) is 15.6 Å². The monoisotopic (exact) mass is 271 g/mol. The standard InChI is InChI=1S/C13H25N3OS/c1-10(2)13-11(8-14-6-7-17-5)18-12(15-13)9-16(3)4/h10,14H,6-9H2,1-5H3. The molecule has 5 heteroatoms. The fraction of sp³-hybridized carbons (Fsp3) is 0.769. The maximum absolute atomic E-state index is 5.03. The Morgan fingerprint density at radius 2 is 2.11 bits per heavy atom. The van der Waals surface area contributed by atoms with E-state index in [1.54, 1.807) is 7.11 Å². The van der Waals surface area contributed by atoms with Crippen LogP contribution in [0.3, 0.4) is 0 Å². The third-order valence-corrected chi connectivity index (χ3v) is 3.59. The lowest BCUT2D eigenvalue weighted by molar-refractivity contribution is 0.199. The molecule has 1 aromatic heterocycles. The second-order valence-electron chi connectivity index (χ2n) is 4.98. The molecule has 0 saturated carbocycles. The molecular weight excluding hydrogens is 246 g/mol. The first-order chi connectivity index (χ1) is 8.54. The Labute approximate surface area is 114 Å². The van der Waals surface area contributed by atoms with Crippen LogP contribution in [0.2, 0.25) is 0 Å². The number of ether oxygens (including phenoxy) is 1. The van der Waals surface area contributed by atoms with Gasteiger partial charge in [0.25, 0.3) is 0 Å². The molecule has 0 radical (unpaired) electrons. The quantitative estimate of drug-likeness (QED) is 0.735. The second-order valence-corrected chi connectivity index (χ2v) is 6.15. The third kappa shape index (κ3) is 5.02. The van der Waals surface area contributed by atoms with E-state index in [-0.39, 0.29) is 0 Å².